The molecule has 140 valence electrons. The SMILES string of the molecule is c1ccc2c(c1)[C@H]1CC[C@H]2N(c2cc(NC3CCCC3)nc(C3CC3)n2)C1. The summed E-state index contributed by atoms with van der Waals surface area (Å²) in [6, 6.07) is 12.4. The zero-order valence-corrected chi connectivity index (χ0v) is 15.9. The molecule has 2 aromatic rings. The summed E-state index contributed by atoms with van der Waals surface area (Å²) in [7, 11) is 0. The Morgan fingerprint density at radius 2 is 1.63 bits per heavy atom. The number of hydrogen-bond donors (Lipinski definition) is 1. The van der Waals surface area contributed by atoms with E-state index in [1.165, 1.54) is 56.9 Å². The molecule has 1 aromatic heterocycles. The molecular formula is C23H28N4. The second-order valence-electron chi connectivity index (χ2n) is 8.94. The van der Waals surface area contributed by atoms with Gasteiger partial charge in [-0.3, -0.25) is 0 Å². The van der Waals surface area contributed by atoms with Gasteiger partial charge >= 0.3 is 0 Å². The summed E-state index contributed by atoms with van der Waals surface area (Å²) in [4.78, 5) is 12.5. The first-order valence-electron chi connectivity index (χ1n) is 10.9. The minimum Gasteiger partial charge on any atom is -0.367 e. The van der Waals surface area contributed by atoms with E-state index in [-0.39, 0.29) is 0 Å². The molecule has 0 spiro atoms. The van der Waals surface area contributed by atoms with Crippen LogP contribution in [0.15, 0.2) is 30.3 Å². The first-order chi connectivity index (χ1) is 13.3. The number of piperidine rings is 1. The van der Waals surface area contributed by atoms with Crippen molar-refractivity contribution >= 4 is 11.6 Å². The number of nitrogens with one attached hydrogen (secondary N) is 1. The second kappa shape index (κ2) is 6.22. The summed E-state index contributed by atoms with van der Waals surface area (Å²) in [6.07, 6.45) is 10.3. The Morgan fingerprint density at radius 3 is 2.44 bits per heavy atom. The van der Waals surface area contributed by atoms with E-state index in [4.69, 9.17) is 9.97 Å². The van der Waals surface area contributed by atoms with Gasteiger partial charge in [-0.1, -0.05) is 37.1 Å². The number of benzene rings is 1. The average molecular weight is 361 g/mol. The number of rotatable bonds is 4. The van der Waals surface area contributed by atoms with Crippen molar-refractivity contribution in [2.24, 2.45) is 0 Å². The van der Waals surface area contributed by atoms with E-state index in [9.17, 15) is 0 Å². The normalized spacial score (nSPS) is 27.0. The van der Waals surface area contributed by atoms with Gasteiger partial charge in [-0.2, -0.15) is 0 Å². The van der Waals surface area contributed by atoms with Crippen LogP contribution in [0.1, 0.15) is 86.2 Å². The van der Waals surface area contributed by atoms with Gasteiger partial charge in [0.25, 0.3) is 0 Å². The number of anilines is 2. The topological polar surface area (TPSA) is 41.0 Å². The zero-order chi connectivity index (χ0) is 17.8. The first kappa shape index (κ1) is 15.9. The predicted octanol–water partition coefficient (Wildman–Crippen LogP) is 5.15. The molecule has 3 fully saturated rings. The maximum absolute atomic E-state index is 5.06. The molecule has 1 aromatic carbocycles. The second-order valence-corrected chi connectivity index (χ2v) is 8.94. The van der Waals surface area contributed by atoms with Crippen LogP contribution < -0.4 is 10.2 Å². The summed E-state index contributed by atoms with van der Waals surface area (Å²) in [6.45, 7) is 1.10. The van der Waals surface area contributed by atoms with E-state index in [2.05, 4.69) is 40.5 Å². The molecule has 4 heteroatoms. The van der Waals surface area contributed by atoms with E-state index in [1.807, 2.05) is 0 Å². The van der Waals surface area contributed by atoms with Crippen molar-refractivity contribution in [3.05, 3.63) is 47.3 Å². The maximum Gasteiger partial charge on any atom is 0.136 e. The van der Waals surface area contributed by atoms with E-state index < -0.39 is 0 Å². The van der Waals surface area contributed by atoms with Crippen LogP contribution in [0, 0.1) is 0 Å². The first-order valence-corrected chi connectivity index (χ1v) is 10.9. The third kappa shape index (κ3) is 2.81. The fourth-order valence-electron chi connectivity index (χ4n) is 5.46. The summed E-state index contributed by atoms with van der Waals surface area (Å²) >= 11 is 0. The fourth-order valence-corrected chi connectivity index (χ4v) is 5.46. The van der Waals surface area contributed by atoms with Crippen molar-refractivity contribution < 1.29 is 0 Å². The van der Waals surface area contributed by atoms with Gasteiger partial charge in [0.05, 0.1) is 6.04 Å². The van der Waals surface area contributed by atoms with Gasteiger partial charge in [-0.25, -0.2) is 9.97 Å². The molecule has 3 heterocycles. The lowest BCUT2D eigenvalue weighted by atomic mass is 9.75. The van der Waals surface area contributed by atoms with E-state index in [0.717, 1.165) is 24.0 Å². The average Bonchev–Trinajstić information content (AvgIpc) is 3.46. The highest BCUT2D eigenvalue weighted by atomic mass is 15.2. The standard InChI is InChI=1S/C23H28N4/c1-2-6-17(5-1)24-21-13-22(26-23(25-21)15-9-10-15)27-14-16-11-12-20(27)19-8-4-3-7-18(16)19/h3-4,7-8,13,15-17,20H,1-2,5-6,9-12,14H2,(H,24,25,26)/t16-,20+/m0/s1. The number of nitrogens with zero attached hydrogens (tertiary/aromatic N) is 3. The highest BCUT2D eigenvalue weighted by molar-refractivity contribution is 5.56. The Labute approximate surface area is 161 Å². The zero-order valence-electron chi connectivity index (χ0n) is 15.9. The lowest BCUT2D eigenvalue weighted by molar-refractivity contribution is 0.387. The van der Waals surface area contributed by atoms with Gasteiger partial charge in [-0.05, 0) is 49.7 Å². The van der Waals surface area contributed by atoms with Crippen LogP contribution in [0.4, 0.5) is 11.6 Å². The summed E-state index contributed by atoms with van der Waals surface area (Å²) in [5.41, 5.74) is 3.10. The quantitative estimate of drug-likeness (QED) is 0.819. The Bertz CT molecular complexity index is 853. The Kier molecular flexibility index (Phi) is 3.66. The van der Waals surface area contributed by atoms with E-state index in [1.54, 1.807) is 5.56 Å². The van der Waals surface area contributed by atoms with Crippen molar-refractivity contribution in [2.45, 2.75) is 75.3 Å². The minimum absolute atomic E-state index is 0.479. The van der Waals surface area contributed by atoms with Crippen LogP contribution in [-0.4, -0.2) is 22.6 Å². The van der Waals surface area contributed by atoms with Crippen LogP contribution in [-0.2, 0) is 0 Å². The van der Waals surface area contributed by atoms with Gasteiger partial charge in [0.15, 0.2) is 0 Å². The van der Waals surface area contributed by atoms with Crippen LogP contribution in [0.2, 0.25) is 0 Å². The molecule has 27 heavy (non-hydrogen) atoms. The van der Waals surface area contributed by atoms with Crippen molar-refractivity contribution in [3.63, 3.8) is 0 Å². The molecule has 1 saturated heterocycles. The smallest absolute Gasteiger partial charge is 0.136 e. The van der Waals surface area contributed by atoms with Crippen molar-refractivity contribution in [2.75, 3.05) is 16.8 Å². The Morgan fingerprint density at radius 1 is 0.852 bits per heavy atom. The van der Waals surface area contributed by atoms with E-state index >= 15 is 0 Å². The monoisotopic (exact) mass is 360 g/mol. The molecule has 0 radical (unpaired) electrons. The van der Waals surface area contributed by atoms with Gasteiger partial charge in [-0.15, -0.1) is 0 Å². The summed E-state index contributed by atoms with van der Waals surface area (Å²) < 4.78 is 0. The summed E-state index contributed by atoms with van der Waals surface area (Å²) in [5.74, 6) is 4.52. The minimum atomic E-state index is 0.479. The number of hydrogen-bond acceptors (Lipinski definition) is 4. The van der Waals surface area contributed by atoms with Crippen LogP contribution in [0.3, 0.4) is 0 Å². The lowest BCUT2D eigenvalue weighted by Crippen LogP contribution is -2.43. The molecular weight excluding hydrogens is 332 g/mol. The number of fused-ring (bicyclic) bond motifs is 2. The molecule has 2 atom stereocenters. The molecule has 7 rings (SSSR count). The van der Waals surface area contributed by atoms with Crippen molar-refractivity contribution in [1.29, 1.82) is 0 Å². The van der Waals surface area contributed by atoms with Crippen molar-refractivity contribution in [1.82, 2.24) is 9.97 Å². The third-order valence-corrected chi connectivity index (χ3v) is 7.05. The predicted molar refractivity (Wildman–Crippen MR) is 108 cm³/mol. The highest BCUT2D eigenvalue weighted by Crippen LogP contribution is 2.48. The molecule has 5 aliphatic rings. The molecule has 0 unspecified atom stereocenters. The van der Waals surface area contributed by atoms with E-state index in [0.29, 0.717) is 23.9 Å². The van der Waals surface area contributed by atoms with Crippen LogP contribution >= 0.6 is 0 Å². The van der Waals surface area contributed by atoms with Crippen LogP contribution in [0.5, 0.6) is 0 Å². The molecule has 2 aliphatic heterocycles. The summed E-state index contributed by atoms with van der Waals surface area (Å²) in [5, 5.41) is 3.73. The molecule has 2 bridgehead atoms. The molecule has 0 amide bonds. The Balaban J connectivity index is 1.36. The van der Waals surface area contributed by atoms with Crippen LogP contribution in [0.25, 0.3) is 0 Å². The molecule has 4 nitrogen and oxygen atoms in total. The molecule has 2 saturated carbocycles. The lowest BCUT2D eigenvalue weighted by Gasteiger charge is -2.47. The largest absolute Gasteiger partial charge is 0.367 e. The third-order valence-electron chi connectivity index (χ3n) is 7.05. The van der Waals surface area contributed by atoms with Gasteiger partial charge < -0.3 is 10.2 Å². The maximum atomic E-state index is 5.06. The van der Waals surface area contributed by atoms with Gasteiger partial charge in [0, 0.05) is 30.5 Å². The van der Waals surface area contributed by atoms with Gasteiger partial charge in [0.1, 0.15) is 17.5 Å². The van der Waals surface area contributed by atoms with Gasteiger partial charge in [0.2, 0.25) is 0 Å². The Hall–Kier alpha value is -2.10. The van der Waals surface area contributed by atoms with Crippen molar-refractivity contribution in [3.8, 4) is 0 Å². The highest BCUT2D eigenvalue weighted by Gasteiger charge is 2.39. The fraction of sp³-hybridized carbons (Fsp3) is 0.565. The molecule has 3 aliphatic carbocycles. The number of aromatic nitrogens is 2. The molecule has 1 N–H and O–H groups in total.